The number of rotatable bonds is 5. The van der Waals surface area contributed by atoms with Gasteiger partial charge in [0.1, 0.15) is 11.5 Å². The van der Waals surface area contributed by atoms with Crippen molar-refractivity contribution in [2.45, 2.75) is 12.3 Å². The van der Waals surface area contributed by atoms with Gasteiger partial charge in [0.05, 0.1) is 30.2 Å². The molecular weight excluding hydrogens is 455 g/mol. The van der Waals surface area contributed by atoms with E-state index in [1.807, 2.05) is 0 Å². The SMILES string of the molecule is C=Cc1c(NS(C)(=O)=O)ccc2c1C(c1cccc(C(F)(F)F)c1)Oc1cccc(OC)c1-2. The molecule has 1 aliphatic heterocycles. The fourth-order valence-electron chi connectivity index (χ4n) is 3.99. The number of alkyl halides is 3. The minimum Gasteiger partial charge on any atom is -0.496 e. The van der Waals surface area contributed by atoms with Gasteiger partial charge in [-0.15, -0.1) is 0 Å². The molecular formula is C24H20F3NO4S. The molecule has 172 valence electrons. The second-order valence-corrected chi connectivity index (χ2v) is 9.27. The molecule has 0 radical (unpaired) electrons. The quantitative estimate of drug-likeness (QED) is 0.501. The molecule has 1 atom stereocenters. The van der Waals surface area contributed by atoms with Crippen molar-refractivity contribution in [3.05, 3.63) is 83.4 Å². The second-order valence-electron chi connectivity index (χ2n) is 7.52. The Labute approximate surface area is 189 Å². The number of halogens is 3. The lowest BCUT2D eigenvalue weighted by Crippen LogP contribution is -2.20. The molecule has 0 saturated carbocycles. The van der Waals surface area contributed by atoms with Gasteiger partial charge in [0.2, 0.25) is 10.0 Å². The summed E-state index contributed by atoms with van der Waals surface area (Å²) in [5.74, 6) is 0.943. The zero-order valence-corrected chi connectivity index (χ0v) is 18.5. The van der Waals surface area contributed by atoms with Crippen LogP contribution in [-0.4, -0.2) is 21.8 Å². The molecule has 1 aliphatic rings. The number of benzene rings is 3. The minimum atomic E-state index is -4.53. The summed E-state index contributed by atoms with van der Waals surface area (Å²) >= 11 is 0. The van der Waals surface area contributed by atoms with E-state index in [-0.39, 0.29) is 11.3 Å². The van der Waals surface area contributed by atoms with Gasteiger partial charge in [-0.3, -0.25) is 4.72 Å². The first kappa shape index (κ1) is 22.7. The van der Waals surface area contributed by atoms with Crippen LogP contribution < -0.4 is 14.2 Å². The summed E-state index contributed by atoms with van der Waals surface area (Å²) in [6, 6.07) is 13.3. The molecule has 0 spiro atoms. The zero-order valence-electron chi connectivity index (χ0n) is 17.7. The summed E-state index contributed by atoms with van der Waals surface area (Å²) in [6.45, 7) is 3.81. The highest BCUT2D eigenvalue weighted by Gasteiger charge is 2.35. The number of hydrogen-bond acceptors (Lipinski definition) is 4. The summed E-state index contributed by atoms with van der Waals surface area (Å²) in [5, 5.41) is 0. The molecule has 0 bridgehead atoms. The zero-order chi connectivity index (χ0) is 24.0. The van der Waals surface area contributed by atoms with Crippen molar-refractivity contribution in [3.8, 4) is 22.6 Å². The van der Waals surface area contributed by atoms with Crippen LogP contribution in [0.1, 0.15) is 28.4 Å². The third-order valence-electron chi connectivity index (χ3n) is 5.29. The van der Waals surface area contributed by atoms with Crippen LogP contribution >= 0.6 is 0 Å². The minimum absolute atomic E-state index is 0.241. The lowest BCUT2D eigenvalue weighted by atomic mass is 9.85. The summed E-state index contributed by atoms with van der Waals surface area (Å²) in [7, 11) is -2.13. The Hall–Kier alpha value is -3.46. The van der Waals surface area contributed by atoms with E-state index in [2.05, 4.69) is 11.3 Å². The lowest BCUT2D eigenvalue weighted by molar-refractivity contribution is -0.137. The van der Waals surface area contributed by atoms with Crippen molar-refractivity contribution in [1.82, 2.24) is 0 Å². The van der Waals surface area contributed by atoms with Crippen molar-refractivity contribution in [3.63, 3.8) is 0 Å². The molecule has 3 aromatic rings. The monoisotopic (exact) mass is 475 g/mol. The summed E-state index contributed by atoms with van der Waals surface area (Å²) in [5.41, 5.74) is 1.83. The smallest absolute Gasteiger partial charge is 0.416 e. The third kappa shape index (κ3) is 4.28. The van der Waals surface area contributed by atoms with Gasteiger partial charge >= 0.3 is 6.18 Å². The van der Waals surface area contributed by atoms with E-state index in [0.717, 1.165) is 18.4 Å². The van der Waals surface area contributed by atoms with Crippen LogP contribution in [0.3, 0.4) is 0 Å². The van der Waals surface area contributed by atoms with Gasteiger partial charge in [-0.1, -0.05) is 36.9 Å². The van der Waals surface area contributed by atoms with Gasteiger partial charge in [-0.05, 0) is 41.5 Å². The molecule has 0 amide bonds. The van der Waals surface area contributed by atoms with E-state index in [1.165, 1.54) is 19.3 Å². The van der Waals surface area contributed by atoms with Gasteiger partial charge in [0, 0.05) is 11.1 Å². The average molecular weight is 475 g/mol. The van der Waals surface area contributed by atoms with Crippen molar-refractivity contribution in [2.75, 3.05) is 18.1 Å². The maximum absolute atomic E-state index is 13.4. The third-order valence-corrected chi connectivity index (χ3v) is 5.88. The van der Waals surface area contributed by atoms with E-state index < -0.39 is 27.9 Å². The topological polar surface area (TPSA) is 64.6 Å². The molecule has 0 fully saturated rings. The second kappa shape index (κ2) is 8.15. The molecule has 3 aromatic carbocycles. The number of methoxy groups -OCH3 is 1. The number of sulfonamides is 1. The molecule has 0 aliphatic carbocycles. The molecule has 1 heterocycles. The van der Waals surface area contributed by atoms with Crippen LogP contribution in [0.2, 0.25) is 0 Å². The molecule has 1 unspecified atom stereocenters. The van der Waals surface area contributed by atoms with Gasteiger partial charge in [-0.2, -0.15) is 13.2 Å². The maximum Gasteiger partial charge on any atom is 0.416 e. The fourth-order valence-corrected chi connectivity index (χ4v) is 4.57. The van der Waals surface area contributed by atoms with Crippen LogP contribution in [0.25, 0.3) is 17.2 Å². The van der Waals surface area contributed by atoms with Crippen LogP contribution in [0.4, 0.5) is 18.9 Å². The average Bonchev–Trinajstić information content (AvgIpc) is 2.76. The van der Waals surface area contributed by atoms with Gasteiger partial charge < -0.3 is 9.47 Å². The fraction of sp³-hybridized carbons (Fsp3) is 0.167. The summed E-state index contributed by atoms with van der Waals surface area (Å²) in [4.78, 5) is 0. The Morgan fingerprint density at radius 1 is 1.12 bits per heavy atom. The lowest BCUT2D eigenvalue weighted by Gasteiger charge is -2.32. The van der Waals surface area contributed by atoms with E-state index >= 15 is 0 Å². The standard InChI is InChI=1S/C24H20F3NO4S/c1-4-16-18(28-33(3,29)30)12-11-17-21(16)23(14-7-5-8-15(13-14)24(25,26)27)32-20-10-6-9-19(31-2)22(17)20/h4-13,23,28H,1H2,2-3H3. The molecule has 33 heavy (non-hydrogen) atoms. The van der Waals surface area contributed by atoms with Gasteiger partial charge in [0.25, 0.3) is 0 Å². The summed E-state index contributed by atoms with van der Waals surface area (Å²) < 4.78 is 78.2. The largest absolute Gasteiger partial charge is 0.496 e. The Morgan fingerprint density at radius 3 is 2.48 bits per heavy atom. The summed E-state index contributed by atoms with van der Waals surface area (Å²) in [6.07, 6.45) is -3.01. The van der Waals surface area contributed by atoms with Crippen molar-refractivity contribution < 1.29 is 31.1 Å². The van der Waals surface area contributed by atoms with Gasteiger partial charge in [0.15, 0.2) is 6.10 Å². The maximum atomic E-state index is 13.4. The number of ether oxygens (including phenoxy) is 2. The highest BCUT2D eigenvalue weighted by atomic mass is 32.2. The Bertz CT molecular complexity index is 1350. The first-order valence-corrected chi connectivity index (χ1v) is 11.7. The van der Waals surface area contributed by atoms with Crippen LogP contribution in [0, 0.1) is 0 Å². The van der Waals surface area contributed by atoms with Crippen LogP contribution in [0.5, 0.6) is 11.5 Å². The van der Waals surface area contributed by atoms with Crippen molar-refractivity contribution in [1.29, 1.82) is 0 Å². The number of nitrogens with one attached hydrogen (secondary N) is 1. The number of fused-ring (bicyclic) bond motifs is 3. The van der Waals surface area contributed by atoms with E-state index in [0.29, 0.717) is 33.8 Å². The highest BCUT2D eigenvalue weighted by Crippen LogP contribution is 2.51. The van der Waals surface area contributed by atoms with E-state index in [9.17, 15) is 21.6 Å². The van der Waals surface area contributed by atoms with E-state index in [4.69, 9.17) is 9.47 Å². The molecule has 1 N–H and O–H groups in total. The highest BCUT2D eigenvalue weighted by molar-refractivity contribution is 7.92. The number of hydrogen-bond donors (Lipinski definition) is 1. The van der Waals surface area contributed by atoms with Crippen molar-refractivity contribution >= 4 is 21.8 Å². The Kier molecular flexibility index (Phi) is 5.61. The predicted molar refractivity (Wildman–Crippen MR) is 121 cm³/mol. The van der Waals surface area contributed by atoms with Crippen LogP contribution in [-0.2, 0) is 16.2 Å². The van der Waals surface area contributed by atoms with E-state index in [1.54, 1.807) is 36.4 Å². The molecule has 4 rings (SSSR count). The molecule has 5 nitrogen and oxygen atoms in total. The number of anilines is 1. The Morgan fingerprint density at radius 2 is 1.85 bits per heavy atom. The van der Waals surface area contributed by atoms with Crippen molar-refractivity contribution in [2.24, 2.45) is 0 Å². The molecule has 9 heteroatoms. The molecule has 0 aromatic heterocycles. The normalized spacial score (nSPS) is 15.1. The molecule has 0 saturated heterocycles. The first-order chi connectivity index (χ1) is 15.5. The predicted octanol–water partition coefficient (Wildman–Crippen LogP) is 5.88. The van der Waals surface area contributed by atoms with Crippen LogP contribution in [0.15, 0.2) is 61.2 Å². The van der Waals surface area contributed by atoms with Gasteiger partial charge in [-0.25, -0.2) is 8.42 Å². The Balaban J connectivity index is 2.02. The first-order valence-electron chi connectivity index (χ1n) is 9.82.